The Morgan fingerprint density at radius 1 is 1.50 bits per heavy atom. The number of nitrogens with two attached hydrogens (primary N) is 1. The Kier molecular flexibility index (Phi) is 5.56. The van der Waals surface area contributed by atoms with Crippen LogP contribution in [0.2, 0.25) is 5.02 Å². The van der Waals surface area contributed by atoms with Gasteiger partial charge in [-0.15, -0.1) is 0 Å². The molecule has 0 aromatic carbocycles. The van der Waals surface area contributed by atoms with E-state index in [1.165, 1.54) is 12.8 Å². The second-order valence-electron chi connectivity index (χ2n) is 4.01. The van der Waals surface area contributed by atoms with Gasteiger partial charge in [0.1, 0.15) is 5.82 Å². The van der Waals surface area contributed by atoms with Crippen molar-refractivity contribution in [2.45, 2.75) is 38.6 Å². The molecule has 1 atom stereocenters. The van der Waals surface area contributed by atoms with E-state index in [4.69, 9.17) is 17.3 Å². The zero-order valence-corrected chi connectivity index (χ0v) is 10.7. The fourth-order valence-electron chi connectivity index (χ4n) is 1.80. The number of nitrogens with one attached hydrogen (secondary N) is 1. The van der Waals surface area contributed by atoms with Gasteiger partial charge in [-0.3, -0.25) is 0 Å². The first kappa shape index (κ1) is 13.3. The highest BCUT2D eigenvalue weighted by molar-refractivity contribution is 6.30. The van der Waals surface area contributed by atoms with Crippen molar-refractivity contribution in [2.24, 2.45) is 0 Å². The van der Waals surface area contributed by atoms with E-state index in [-0.39, 0.29) is 0 Å². The van der Waals surface area contributed by atoms with Crippen LogP contribution in [0.25, 0.3) is 0 Å². The van der Waals surface area contributed by atoms with Gasteiger partial charge in [0.15, 0.2) is 0 Å². The molecule has 1 unspecified atom stereocenters. The lowest BCUT2D eigenvalue weighted by Gasteiger charge is -2.15. The summed E-state index contributed by atoms with van der Waals surface area (Å²) in [5.74, 6) is 0.593. The minimum absolute atomic E-state index is 0.545. The molecule has 0 saturated heterocycles. The van der Waals surface area contributed by atoms with E-state index < -0.39 is 0 Å². The van der Waals surface area contributed by atoms with Crippen LogP contribution in [-0.4, -0.2) is 18.1 Å². The van der Waals surface area contributed by atoms with Crippen LogP contribution in [0.5, 0.6) is 0 Å². The molecule has 1 aromatic rings. The molecule has 1 aromatic heterocycles. The Morgan fingerprint density at radius 2 is 2.25 bits per heavy atom. The molecular weight excluding hydrogens is 222 g/mol. The molecule has 1 heterocycles. The van der Waals surface area contributed by atoms with Gasteiger partial charge in [0.2, 0.25) is 0 Å². The summed E-state index contributed by atoms with van der Waals surface area (Å²) in [4.78, 5) is 4.05. The van der Waals surface area contributed by atoms with E-state index in [0.29, 0.717) is 16.9 Å². The highest BCUT2D eigenvalue weighted by Crippen LogP contribution is 2.17. The molecule has 16 heavy (non-hydrogen) atoms. The van der Waals surface area contributed by atoms with Crippen LogP contribution >= 0.6 is 11.6 Å². The Bertz CT molecular complexity index is 328. The van der Waals surface area contributed by atoms with Gasteiger partial charge in [-0.2, -0.15) is 0 Å². The first-order chi connectivity index (χ1) is 7.67. The lowest BCUT2D eigenvalue weighted by molar-refractivity contribution is 0.484. The van der Waals surface area contributed by atoms with Crippen LogP contribution in [0, 0.1) is 0 Å². The van der Waals surface area contributed by atoms with E-state index in [1.54, 1.807) is 6.20 Å². The van der Waals surface area contributed by atoms with Gasteiger partial charge in [-0.1, -0.05) is 24.9 Å². The van der Waals surface area contributed by atoms with Gasteiger partial charge in [0, 0.05) is 12.2 Å². The molecule has 0 aliphatic rings. The van der Waals surface area contributed by atoms with Crippen molar-refractivity contribution in [3.05, 3.63) is 22.8 Å². The van der Waals surface area contributed by atoms with Gasteiger partial charge in [-0.25, -0.2) is 4.98 Å². The number of halogens is 1. The highest BCUT2D eigenvalue weighted by atomic mass is 35.5. The molecular formula is C12H20ClN3. The maximum atomic E-state index is 5.89. The normalized spacial score (nSPS) is 12.7. The van der Waals surface area contributed by atoms with Crippen molar-refractivity contribution in [1.29, 1.82) is 0 Å². The van der Waals surface area contributed by atoms with E-state index in [9.17, 15) is 0 Å². The summed E-state index contributed by atoms with van der Waals surface area (Å²) in [6.07, 6.45) is 5.95. The SMILES string of the molecule is CCCC(CCc1cc(Cl)cnc1N)NC. The van der Waals surface area contributed by atoms with Crippen molar-refractivity contribution in [2.75, 3.05) is 12.8 Å². The van der Waals surface area contributed by atoms with Gasteiger partial charge in [0.05, 0.1) is 5.02 Å². The number of pyridine rings is 1. The first-order valence-electron chi connectivity index (χ1n) is 5.74. The van der Waals surface area contributed by atoms with E-state index in [1.807, 2.05) is 13.1 Å². The largest absolute Gasteiger partial charge is 0.383 e. The van der Waals surface area contributed by atoms with Crippen LogP contribution in [0.4, 0.5) is 5.82 Å². The van der Waals surface area contributed by atoms with E-state index in [0.717, 1.165) is 18.4 Å². The summed E-state index contributed by atoms with van der Waals surface area (Å²) < 4.78 is 0. The number of hydrogen-bond donors (Lipinski definition) is 2. The molecule has 1 rings (SSSR count). The van der Waals surface area contributed by atoms with Crippen molar-refractivity contribution in [1.82, 2.24) is 10.3 Å². The second kappa shape index (κ2) is 6.71. The number of rotatable bonds is 6. The zero-order valence-electron chi connectivity index (χ0n) is 9.96. The fraction of sp³-hybridized carbons (Fsp3) is 0.583. The quantitative estimate of drug-likeness (QED) is 0.805. The first-order valence-corrected chi connectivity index (χ1v) is 6.12. The van der Waals surface area contributed by atoms with Gasteiger partial charge < -0.3 is 11.1 Å². The second-order valence-corrected chi connectivity index (χ2v) is 4.45. The third-order valence-electron chi connectivity index (χ3n) is 2.78. The summed E-state index contributed by atoms with van der Waals surface area (Å²) in [6.45, 7) is 2.19. The number of aromatic nitrogens is 1. The Morgan fingerprint density at radius 3 is 2.88 bits per heavy atom. The minimum Gasteiger partial charge on any atom is -0.383 e. The molecule has 0 bridgehead atoms. The van der Waals surface area contributed by atoms with Gasteiger partial charge in [0.25, 0.3) is 0 Å². The number of hydrogen-bond acceptors (Lipinski definition) is 3. The monoisotopic (exact) mass is 241 g/mol. The van der Waals surface area contributed by atoms with Crippen LogP contribution in [0.1, 0.15) is 31.7 Å². The molecule has 0 fully saturated rings. The van der Waals surface area contributed by atoms with E-state index in [2.05, 4.69) is 17.2 Å². The Hall–Kier alpha value is -0.800. The molecule has 90 valence electrons. The van der Waals surface area contributed by atoms with Crippen molar-refractivity contribution >= 4 is 17.4 Å². The van der Waals surface area contributed by atoms with Crippen molar-refractivity contribution in [3.8, 4) is 0 Å². The maximum Gasteiger partial charge on any atom is 0.126 e. The topological polar surface area (TPSA) is 50.9 Å². The molecule has 0 aliphatic heterocycles. The van der Waals surface area contributed by atoms with E-state index >= 15 is 0 Å². The molecule has 0 aliphatic carbocycles. The standard InChI is InChI=1S/C12H20ClN3/c1-3-4-11(15-2)6-5-9-7-10(13)8-16-12(9)14/h7-8,11,15H,3-6H2,1-2H3,(H2,14,16). The molecule has 0 spiro atoms. The predicted octanol–water partition coefficient (Wildman–Crippen LogP) is 2.64. The van der Waals surface area contributed by atoms with Crippen LogP contribution in [-0.2, 0) is 6.42 Å². The average molecular weight is 242 g/mol. The maximum absolute atomic E-state index is 5.89. The fourth-order valence-corrected chi connectivity index (χ4v) is 1.98. The van der Waals surface area contributed by atoms with Gasteiger partial charge >= 0.3 is 0 Å². The Balaban J connectivity index is 2.55. The molecule has 0 radical (unpaired) electrons. The van der Waals surface area contributed by atoms with Gasteiger partial charge in [-0.05, 0) is 37.9 Å². The summed E-state index contributed by atoms with van der Waals surface area (Å²) >= 11 is 5.89. The minimum atomic E-state index is 0.545. The molecule has 3 N–H and O–H groups in total. The smallest absolute Gasteiger partial charge is 0.126 e. The molecule has 0 saturated carbocycles. The number of aryl methyl sites for hydroxylation is 1. The molecule has 0 amide bonds. The van der Waals surface area contributed by atoms with Crippen molar-refractivity contribution in [3.63, 3.8) is 0 Å². The average Bonchev–Trinajstić information content (AvgIpc) is 2.28. The summed E-state index contributed by atoms with van der Waals surface area (Å²) in [5.41, 5.74) is 6.85. The lowest BCUT2D eigenvalue weighted by Crippen LogP contribution is -2.25. The Labute approximate surface area is 102 Å². The lowest BCUT2D eigenvalue weighted by atomic mass is 10.0. The third kappa shape index (κ3) is 3.99. The summed E-state index contributed by atoms with van der Waals surface area (Å²) in [7, 11) is 2.00. The molecule has 4 heteroatoms. The molecule has 3 nitrogen and oxygen atoms in total. The van der Waals surface area contributed by atoms with Crippen molar-refractivity contribution < 1.29 is 0 Å². The summed E-state index contributed by atoms with van der Waals surface area (Å²) in [5, 5.41) is 3.97. The van der Waals surface area contributed by atoms with Crippen LogP contribution in [0.3, 0.4) is 0 Å². The van der Waals surface area contributed by atoms with Crippen LogP contribution in [0.15, 0.2) is 12.3 Å². The predicted molar refractivity (Wildman–Crippen MR) is 69.7 cm³/mol. The third-order valence-corrected chi connectivity index (χ3v) is 2.98. The number of nitrogens with zero attached hydrogens (tertiary/aromatic N) is 1. The van der Waals surface area contributed by atoms with Crippen LogP contribution < -0.4 is 11.1 Å². The number of nitrogen functional groups attached to an aromatic ring is 1. The zero-order chi connectivity index (χ0) is 12.0. The summed E-state index contributed by atoms with van der Waals surface area (Å²) in [6, 6.07) is 2.45. The highest BCUT2D eigenvalue weighted by Gasteiger charge is 2.07. The number of anilines is 1.